The van der Waals surface area contributed by atoms with Gasteiger partial charge in [-0.3, -0.25) is 9.59 Å². The summed E-state index contributed by atoms with van der Waals surface area (Å²) in [5, 5.41) is 11.8. The number of hydrogen-bond acceptors (Lipinski definition) is 3. The number of aromatic amines is 1. The predicted molar refractivity (Wildman–Crippen MR) is 64.0 cm³/mol. The number of carbonyl (C=O) groups is 2. The zero-order chi connectivity index (χ0) is 13.1. The molecule has 0 unspecified atom stereocenters. The normalized spacial score (nSPS) is 11.3. The number of Topliss-reactive ketones (excluding diaryl/α,β-unsaturated/α-hetero) is 1. The van der Waals surface area contributed by atoms with Gasteiger partial charge >= 0.3 is 0 Å². The van der Waals surface area contributed by atoms with Crippen LogP contribution in [0.5, 0.6) is 0 Å². The largest absolute Gasteiger partial charge is 0.396 e. The van der Waals surface area contributed by atoms with Crippen LogP contribution in [0.1, 0.15) is 41.6 Å². The maximum absolute atomic E-state index is 11.7. The number of aliphatic hydroxyl groups excluding tert-OH is 1. The lowest BCUT2D eigenvalue weighted by molar-refractivity contribution is 0.0906. The second-order valence-corrected chi connectivity index (χ2v) is 4.86. The third-order valence-electron chi connectivity index (χ3n) is 2.49. The second kappa shape index (κ2) is 5.14. The summed E-state index contributed by atoms with van der Waals surface area (Å²) in [5.41, 5.74) is 0.478. The number of hydrogen-bond donors (Lipinski definition) is 3. The monoisotopic (exact) mass is 238 g/mol. The van der Waals surface area contributed by atoms with Crippen LogP contribution in [0.2, 0.25) is 0 Å². The van der Waals surface area contributed by atoms with Crippen LogP contribution in [0.25, 0.3) is 0 Å². The standard InChI is InChI=1S/C12H18N2O3/c1-8(16)9-4-10(13-5-9)11(17)14-6-12(2,3)7-15/h4-5,13,15H,6-7H2,1-3H3,(H,14,17). The van der Waals surface area contributed by atoms with Crippen molar-refractivity contribution in [2.24, 2.45) is 5.41 Å². The quantitative estimate of drug-likeness (QED) is 0.668. The number of carbonyl (C=O) groups excluding carboxylic acids is 2. The summed E-state index contributed by atoms with van der Waals surface area (Å²) < 4.78 is 0. The van der Waals surface area contributed by atoms with Gasteiger partial charge in [-0.25, -0.2) is 0 Å². The van der Waals surface area contributed by atoms with Gasteiger partial charge in [0.05, 0.1) is 0 Å². The molecule has 5 nitrogen and oxygen atoms in total. The van der Waals surface area contributed by atoms with Crippen LogP contribution in [0.15, 0.2) is 12.3 Å². The van der Waals surface area contributed by atoms with E-state index in [1.807, 2.05) is 13.8 Å². The SMILES string of the molecule is CC(=O)c1c[nH]c(C(=O)NCC(C)(C)CO)c1. The highest BCUT2D eigenvalue weighted by Gasteiger charge is 2.18. The van der Waals surface area contributed by atoms with Crippen LogP contribution in [-0.2, 0) is 0 Å². The van der Waals surface area contributed by atoms with Gasteiger partial charge in [-0.1, -0.05) is 13.8 Å². The molecule has 17 heavy (non-hydrogen) atoms. The smallest absolute Gasteiger partial charge is 0.267 e. The van der Waals surface area contributed by atoms with E-state index in [4.69, 9.17) is 5.11 Å². The van der Waals surface area contributed by atoms with Gasteiger partial charge in [0.1, 0.15) is 5.69 Å². The van der Waals surface area contributed by atoms with Crippen LogP contribution in [0.4, 0.5) is 0 Å². The van der Waals surface area contributed by atoms with Gasteiger partial charge in [-0.05, 0) is 13.0 Å². The fraction of sp³-hybridized carbons (Fsp3) is 0.500. The first-order valence-corrected chi connectivity index (χ1v) is 5.44. The Balaban J connectivity index is 2.61. The summed E-state index contributed by atoms with van der Waals surface area (Å²) in [5.74, 6) is -0.366. The third-order valence-corrected chi connectivity index (χ3v) is 2.49. The van der Waals surface area contributed by atoms with E-state index < -0.39 is 0 Å². The highest BCUT2D eigenvalue weighted by atomic mass is 16.3. The molecular weight excluding hydrogens is 220 g/mol. The van der Waals surface area contributed by atoms with Gasteiger partial charge < -0.3 is 15.4 Å². The number of aromatic nitrogens is 1. The van der Waals surface area contributed by atoms with E-state index in [1.165, 1.54) is 19.2 Å². The van der Waals surface area contributed by atoms with Crippen molar-refractivity contribution < 1.29 is 14.7 Å². The number of rotatable bonds is 5. The molecule has 0 fully saturated rings. The summed E-state index contributed by atoms with van der Waals surface area (Å²) in [6.07, 6.45) is 1.51. The van der Waals surface area contributed by atoms with Gasteiger partial charge in [0.25, 0.3) is 5.91 Å². The Kier molecular flexibility index (Phi) is 4.07. The molecule has 0 saturated heterocycles. The van der Waals surface area contributed by atoms with E-state index in [1.54, 1.807) is 0 Å². The summed E-state index contributed by atoms with van der Waals surface area (Å²) >= 11 is 0. The molecule has 5 heteroatoms. The Morgan fingerprint density at radius 2 is 2.12 bits per heavy atom. The topological polar surface area (TPSA) is 82.2 Å². The van der Waals surface area contributed by atoms with E-state index in [0.717, 1.165) is 0 Å². The minimum Gasteiger partial charge on any atom is -0.396 e. The fourth-order valence-corrected chi connectivity index (χ4v) is 1.20. The van der Waals surface area contributed by atoms with Crippen LogP contribution < -0.4 is 5.32 Å². The van der Waals surface area contributed by atoms with Gasteiger partial charge in [-0.15, -0.1) is 0 Å². The lowest BCUT2D eigenvalue weighted by atomic mass is 9.95. The van der Waals surface area contributed by atoms with E-state index >= 15 is 0 Å². The third kappa shape index (κ3) is 3.71. The van der Waals surface area contributed by atoms with Crippen molar-refractivity contribution in [3.8, 4) is 0 Å². The Hall–Kier alpha value is -1.62. The average molecular weight is 238 g/mol. The maximum Gasteiger partial charge on any atom is 0.267 e. The number of amides is 1. The highest BCUT2D eigenvalue weighted by Crippen LogP contribution is 2.12. The molecule has 0 radical (unpaired) electrons. The Morgan fingerprint density at radius 3 is 2.59 bits per heavy atom. The Bertz CT molecular complexity index is 421. The summed E-state index contributed by atoms with van der Waals surface area (Å²) in [6.45, 7) is 5.51. The van der Waals surface area contributed by atoms with E-state index in [0.29, 0.717) is 17.8 Å². The number of nitrogens with one attached hydrogen (secondary N) is 2. The predicted octanol–water partition coefficient (Wildman–Crippen LogP) is 0.966. The first-order chi connectivity index (χ1) is 7.85. The molecule has 0 atom stereocenters. The van der Waals surface area contributed by atoms with Crippen molar-refractivity contribution >= 4 is 11.7 Å². The van der Waals surface area contributed by atoms with E-state index in [-0.39, 0.29) is 23.7 Å². The summed E-state index contributed by atoms with van der Waals surface area (Å²) in [6, 6.07) is 1.52. The molecule has 94 valence electrons. The first kappa shape index (κ1) is 13.4. The van der Waals surface area contributed by atoms with Crippen molar-refractivity contribution in [3.63, 3.8) is 0 Å². The lowest BCUT2D eigenvalue weighted by Gasteiger charge is -2.21. The van der Waals surface area contributed by atoms with Gasteiger partial charge in [0.15, 0.2) is 5.78 Å². The van der Waals surface area contributed by atoms with Crippen LogP contribution >= 0.6 is 0 Å². The molecule has 3 N–H and O–H groups in total. The zero-order valence-corrected chi connectivity index (χ0v) is 10.3. The van der Waals surface area contributed by atoms with Crippen molar-refractivity contribution in [1.82, 2.24) is 10.3 Å². The number of H-pyrrole nitrogens is 1. The van der Waals surface area contributed by atoms with E-state index in [9.17, 15) is 9.59 Å². The van der Waals surface area contributed by atoms with Gasteiger partial charge in [0, 0.05) is 30.3 Å². The van der Waals surface area contributed by atoms with Crippen LogP contribution in [0.3, 0.4) is 0 Å². The molecule has 1 aromatic rings. The van der Waals surface area contributed by atoms with E-state index in [2.05, 4.69) is 10.3 Å². The molecule has 0 aliphatic heterocycles. The van der Waals surface area contributed by atoms with Crippen LogP contribution in [-0.4, -0.2) is 34.9 Å². The minimum absolute atomic E-state index is 0.00327. The molecule has 1 amide bonds. The zero-order valence-electron chi connectivity index (χ0n) is 10.3. The molecule has 0 saturated carbocycles. The molecule has 0 aliphatic carbocycles. The Morgan fingerprint density at radius 1 is 1.47 bits per heavy atom. The van der Waals surface area contributed by atoms with Crippen molar-refractivity contribution in [2.45, 2.75) is 20.8 Å². The molecule has 0 aromatic carbocycles. The summed E-state index contributed by atoms with van der Waals surface area (Å²) in [4.78, 5) is 25.5. The molecule has 1 aromatic heterocycles. The average Bonchev–Trinajstić information content (AvgIpc) is 2.75. The van der Waals surface area contributed by atoms with Crippen molar-refractivity contribution in [3.05, 3.63) is 23.5 Å². The lowest BCUT2D eigenvalue weighted by Crippen LogP contribution is -2.36. The maximum atomic E-state index is 11.7. The molecular formula is C12H18N2O3. The molecule has 0 bridgehead atoms. The number of ketones is 1. The molecule has 1 heterocycles. The van der Waals surface area contributed by atoms with Gasteiger partial charge in [-0.2, -0.15) is 0 Å². The minimum atomic E-state index is -0.355. The summed E-state index contributed by atoms with van der Waals surface area (Å²) in [7, 11) is 0. The van der Waals surface area contributed by atoms with Gasteiger partial charge in [0.2, 0.25) is 0 Å². The molecule has 0 aliphatic rings. The Labute approximate surface area is 100 Å². The van der Waals surface area contributed by atoms with Crippen molar-refractivity contribution in [1.29, 1.82) is 0 Å². The fourth-order valence-electron chi connectivity index (χ4n) is 1.20. The number of aliphatic hydroxyl groups is 1. The molecule has 0 spiro atoms. The second-order valence-electron chi connectivity index (χ2n) is 4.86. The highest BCUT2D eigenvalue weighted by molar-refractivity contribution is 5.99. The van der Waals surface area contributed by atoms with Crippen molar-refractivity contribution in [2.75, 3.05) is 13.2 Å². The first-order valence-electron chi connectivity index (χ1n) is 5.44. The molecule has 1 rings (SSSR count). The van der Waals surface area contributed by atoms with Crippen LogP contribution in [0, 0.1) is 5.41 Å².